The van der Waals surface area contributed by atoms with Crippen molar-refractivity contribution in [1.82, 2.24) is 15.0 Å². The number of ether oxygens (including phenoxy) is 2. The molecule has 0 N–H and O–H groups in total. The van der Waals surface area contributed by atoms with Crippen molar-refractivity contribution in [1.29, 1.82) is 0 Å². The number of piperidine rings is 1. The smallest absolute Gasteiger partial charge is 0.254 e. The van der Waals surface area contributed by atoms with Crippen LogP contribution in [-0.2, 0) is 22.7 Å². The topological polar surface area (TPSA) is 77.7 Å². The molecule has 3 rings (SSSR count). The Morgan fingerprint density at radius 3 is 3.22 bits per heavy atom. The lowest BCUT2D eigenvalue weighted by atomic mass is 10.1. The van der Waals surface area contributed by atoms with Gasteiger partial charge >= 0.3 is 0 Å². The number of carbonyl (C=O) groups is 1. The summed E-state index contributed by atoms with van der Waals surface area (Å²) in [5.74, 6) is 1.00. The fourth-order valence-corrected chi connectivity index (χ4v) is 3.18. The highest BCUT2D eigenvalue weighted by Crippen LogP contribution is 2.18. The fourth-order valence-electron chi connectivity index (χ4n) is 2.55. The molecule has 0 bridgehead atoms. The molecule has 7 nitrogen and oxygen atoms in total. The first-order chi connectivity index (χ1) is 11.3. The number of amides is 1. The Bertz CT molecular complexity index is 628. The molecule has 1 unspecified atom stereocenters. The average molecular weight is 337 g/mol. The molecule has 8 heteroatoms. The Hall–Kier alpha value is -1.77. The van der Waals surface area contributed by atoms with E-state index in [0.29, 0.717) is 24.9 Å². The van der Waals surface area contributed by atoms with Gasteiger partial charge in [0.15, 0.2) is 5.82 Å². The van der Waals surface area contributed by atoms with Crippen LogP contribution in [0.2, 0.25) is 0 Å². The summed E-state index contributed by atoms with van der Waals surface area (Å²) < 4.78 is 15.8. The maximum absolute atomic E-state index is 12.4. The monoisotopic (exact) mass is 337 g/mol. The molecule has 1 aliphatic rings. The van der Waals surface area contributed by atoms with Crippen LogP contribution in [0.5, 0.6) is 0 Å². The molecule has 23 heavy (non-hydrogen) atoms. The first-order valence-corrected chi connectivity index (χ1v) is 8.44. The summed E-state index contributed by atoms with van der Waals surface area (Å²) in [5.41, 5.74) is 0.748. The van der Waals surface area contributed by atoms with Crippen LogP contribution in [0.1, 0.15) is 34.9 Å². The van der Waals surface area contributed by atoms with Crippen molar-refractivity contribution in [2.24, 2.45) is 0 Å². The zero-order valence-electron chi connectivity index (χ0n) is 12.9. The first kappa shape index (κ1) is 16.1. The van der Waals surface area contributed by atoms with Crippen molar-refractivity contribution in [3.63, 3.8) is 0 Å². The third-order valence-corrected chi connectivity index (χ3v) is 4.34. The molecule has 1 amide bonds. The summed E-state index contributed by atoms with van der Waals surface area (Å²) in [4.78, 5) is 18.4. The van der Waals surface area contributed by atoms with Crippen molar-refractivity contribution >= 4 is 17.2 Å². The Morgan fingerprint density at radius 2 is 2.43 bits per heavy atom. The van der Waals surface area contributed by atoms with Gasteiger partial charge in [0, 0.05) is 25.6 Å². The van der Waals surface area contributed by atoms with Gasteiger partial charge in [0.2, 0.25) is 0 Å². The van der Waals surface area contributed by atoms with Crippen LogP contribution in [0.4, 0.5) is 0 Å². The van der Waals surface area contributed by atoms with Gasteiger partial charge in [0.25, 0.3) is 11.8 Å². The molecule has 2 aromatic rings. The van der Waals surface area contributed by atoms with Gasteiger partial charge in [0.05, 0.1) is 11.7 Å². The molecule has 1 aliphatic heterocycles. The van der Waals surface area contributed by atoms with Crippen LogP contribution >= 0.6 is 11.3 Å². The molecule has 124 valence electrons. The van der Waals surface area contributed by atoms with Gasteiger partial charge in [0.1, 0.15) is 13.2 Å². The molecule has 0 aromatic carbocycles. The van der Waals surface area contributed by atoms with Crippen LogP contribution < -0.4 is 0 Å². The number of hydrogen-bond acceptors (Lipinski definition) is 7. The van der Waals surface area contributed by atoms with E-state index in [9.17, 15) is 4.79 Å². The van der Waals surface area contributed by atoms with Crippen LogP contribution in [-0.4, -0.2) is 47.3 Å². The number of carbonyl (C=O) groups excluding carboxylic acids is 1. The van der Waals surface area contributed by atoms with Crippen molar-refractivity contribution in [2.75, 3.05) is 20.2 Å². The number of nitrogens with zero attached hydrogens (tertiary/aromatic N) is 3. The Labute approximate surface area is 138 Å². The lowest BCUT2D eigenvalue weighted by molar-refractivity contribution is -0.00959. The summed E-state index contributed by atoms with van der Waals surface area (Å²) in [6, 6.07) is 1.86. The maximum Gasteiger partial charge on any atom is 0.254 e. The number of likely N-dealkylation sites (tertiary alicyclic amines) is 1. The fraction of sp³-hybridized carbons (Fsp3) is 0.533. The molecular formula is C15H19N3O4S. The van der Waals surface area contributed by atoms with Crippen molar-refractivity contribution in [3.05, 3.63) is 34.1 Å². The summed E-state index contributed by atoms with van der Waals surface area (Å²) in [7, 11) is 1.57. The highest BCUT2D eigenvalue weighted by molar-refractivity contribution is 7.08. The minimum Gasteiger partial charge on any atom is -0.375 e. The molecule has 1 saturated heterocycles. The number of hydrogen-bond donors (Lipinski definition) is 0. The lowest BCUT2D eigenvalue weighted by Crippen LogP contribution is -2.43. The summed E-state index contributed by atoms with van der Waals surface area (Å²) >= 11 is 1.53. The highest BCUT2D eigenvalue weighted by atomic mass is 32.1. The van der Waals surface area contributed by atoms with Gasteiger partial charge in [-0.3, -0.25) is 4.79 Å². The molecule has 1 atom stereocenters. The van der Waals surface area contributed by atoms with Gasteiger partial charge in [-0.25, -0.2) is 0 Å². The average Bonchev–Trinajstić information content (AvgIpc) is 3.25. The minimum absolute atomic E-state index is 0.00397. The summed E-state index contributed by atoms with van der Waals surface area (Å²) in [5, 5.41) is 7.64. The predicted molar refractivity (Wildman–Crippen MR) is 83.0 cm³/mol. The molecule has 1 fully saturated rings. The second-order valence-corrected chi connectivity index (χ2v) is 6.16. The van der Waals surface area contributed by atoms with E-state index in [1.807, 2.05) is 21.7 Å². The van der Waals surface area contributed by atoms with E-state index in [0.717, 1.165) is 24.9 Å². The summed E-state index contributed by atoms with van der Waals surface area (Å²) in [6.07, 6.45) is 1.86. The van der Waals surface area contributed by atoms with E-state index >= 15 is 0 Å². The quantitative estimate of drug-likeness (QED) is 0.803. The Kier molecular flexibility index (Phi) is 5.37. The Morgan fingerprint density at radius 1 is 1.52 bits per heavy atom. The molecule has 0 saturated carbocycles. The zero-order chi connectivity index (χ0) is 16.1. The Balaban J connectivity index is 1.51. The van der Waals surface area contributed by atoms with E-state index in [2.05, 4.69) is 10.1 Å². The van der Waals surface area contributed by atoms with E-state index in [1.165, 1.54) is 11.3 Å². The predicted octanol–water partition coefficient (Wildman–Crippen LogP) is 2.10. The first-order valence-electron chi connectivity index (χ1n) is 7.49. The van der Waals surface area contributed by atoms with Crippen LogP contribution in [0, 0.1) is 0 Å². The largest absolute Gasteiger partial charge is 0.375 e. The van der Waals surface area contributed by atoms with E-state index < -0.39 is 0 Å². The number of thiophene rings is 1. The number of rotatable bonds is 6. The van der Waals surface area contributed by atoms with Crippen molar-refractivity contribution < 1.29 is 18.8 Å². The van der Waals surface area contributed by atoms with Gasteiger partial charge in [-0.15, -0.1) is 0 Å². The van der Waals surface area contributed by atoms with Crippen LogP contribution in [0.25, 0.3) is 0 Å². The number of aromatic nitrogens is 2. The highest BCUT2D eigenvalue weighted by Gasteiger charge is 2.25. The standard InChI is InChI=1S/C15H19N3O4S/c1-20-9-14-16-13(17-22-14)8-21-12-3-2-5-18(7-12)15(19)11-4-6-23-10-11/h4,6,10,12H,2-3,5,7-9H2,1H3. The lowest BCUT2D eigenvalue weighted by Gasteiger charge is -2.32. The summed E-state index contributed by atoms with van der Waals surface area (Å²) in [6.45, 7) is 1.93. The van der Waals surface area contributed by atoms with E-state index in [4.69, 9.17) is 14.0 Å². The minimum atomic E-state index is -0.00397. The van der Waals surface area contributed by atoms with Crippen molar-refractivity contribution in [3.8, 4) is 0 Å². The molecule has 0 spiro atoms. The normalized spacial score (nSPS) is 18.3. The third kappa shape index (κ3) is 4.15. The van der Waals surface area contributed by atoms with Crippen LogP contribution in [0.3, 0.4) is 0 Å². The number of methoxy groups -OCH3 is 1. The van der Waals surface area contributed by atoms with E-state index in [1.54, 1.807) is 7.11 Å². The van der Waals surface area contributed by atoms with Gasteiger partial charge in [-0.1, -0.05) is 5.16 Å². The van der Waals surface area contributed by atoms with Gasteiger partial charge in [-0.2, -0.15) is 16.3 Å². The molecule has 0 aliphatic carbocycles. The SMILES string of the molecule is COCc1nc(COC2CCCN(C(=O)c3ccsc3)C2)no1. The maximum atomic E-state index is 12.4. The second-order valence-electron chi connectivity index (χ2n) is 5.38. The van der Waals surface area contributed by atoms with E-state index in [-0.39, 0.29) is 18.6 Å². The molecule has 2 aromatic heterocycles. The second kappa shape index (κ2) is 7.67. The molecular weight excluding hydrogens is 318 g/mol. The van der Waals surface area contributed by atoms with Crippen molar-refractivity contribution in [2.45, 2.75) is 32.2 Å². The van der Waals surface area contributed by atoms with Gasteiger partial charge < -0.3 is 18.9 Å². The van der Waals surface area contributed by atoms with Gasteiger partial charge in [-0.05, 0) is 24.3 Å². The zero-order valence-corrected chi connectivity index (χ0v) is 13.8. The molecule has 3 heterocycles. The third-order valence-electron chi connectivity index (χ3n) is 3.66. The van der Waals surface area contributed by atoms with Crippen LogP contribution in [0.15, 0.2) is 21.3 Å². The molecule has 0 radical (unpaired) electrons.